The highest BCUT2D eigenvalue weighted by Crippen LogP contribution is 2.42. The standard InChI is InChI=1S/C27H32N2O6/c1-18-17-19(33-2)9-10-20(18)25(30)23-24(21-7-4-5-8-22(21)34-3)29(27(32)26(23)31)12-6-11-28-13-15-35-16-14-28/h4-5,7-10,17,24,30H,6,11-16H2,1-3H3. The maximum Gasteiger partial charge on any atom is 0.295 e. The molecule has 0 spiro atoms. The van der Waals surface area contributed by atoms with Crippen LogP contribution in [0.1, 0.15) is 29.2 Å². The van der Waals surface area contributed by atoms with Gasteiger partial charge < -0.3 is 29.1 Å². The summed E-state index contributed by atoms with van der Waals surface area (Å²) in [7, 11) is 3.09. The van der Waals surface area contributed by atoms with Gasteiger partial charge in [0.05, 0.1) is 40.0 Å². The normalized spacial score (nSPS) is 20.3. The Morgan fingerprint density at radius 3 is 2.54 bits per heavy atom. The molecule has 35 heavy (non-hydrogen) atoms. The summed E-state index contributed by atoms with van der Waals surface area (Å²) in [5.74, 6) is -0.695. The smallest absolute Gasteiger partial charge is 0.295 e. The Kier molecular flexibility index (Phi) is 7.73. The maximum atomic E-state index is 13.7. The quantitative estimate of drug-likeness (QED) is 0.337. The van der Waals surface area contributed by atoms with Crippen molar-refractivity contribution in [3.8, 4) is 11.5 Å². The van der Waals surface area contributed by atoms with Gasteiger partial charge >= 0.3 is 0 Å². The molecule has 1 N–H and O–H groups in total. The van der Waals surface area contributed by atoms with Crippen LogP contribution >= 0.6 is 0 Å². The molecular weight excluding hydrogens is 448 g/mol. The average molecular weight is 481 g/mol. The van der Waals surface area contributed by atoms with Gasteiger partial charge in [-0.3, -0.25) is 9.59 Å². The third-order valence-corrected chi connectivity index (χ3v) is 6.77. The van der Waals surface area contributed by atoms with Crippen molar-refractivity contribution in [3.63, 3.8) is 0 Å². The Morgan fingerprint density at radius 2 is 1.86 bits per heavy atom. The highest BCUT2D eigenvalue weighted by atomic mass is 16.5. The summed E-state index contributed by atoms with van der Waals surface area (Å²) in [5, 5.41) is 13.7. The molecule has 186 valence electrons. The van der Waals surface area contributed by atoms with E-state index < -0.39 is 23.5 Å². The van der Waals surface area contributed by atoms with E-state index in [9.17, 15) is 14.7 Å². The summed E-state index contributed by atoms with van der Waals surface area (Å²) >= 11 is 0. The lowest BCUT2D eigenvalue weighted by molar-refractivity contribution is -0.908. The second-order valence-electron chi connectivity index (χ2n) is 8.86. The first-order chi connectivity index (χ1) is 17.0. The Balaban J connectivity index is 1.73. The molecule has 8 heteroatoms. The minimum absolute atomic E-state index is 0.0357. The van der Waals surface area contributed by atoms with Crippen molar-refractivity contribution in [2.24, 2.45) is 0 Å². The number of carbonyl (C=O) groups excluding carboxylic acids is 2. The monoisotopic (exact) mass is 480 g/mol. The van der Waals surface area contributed by atoms with Crippen LogP contribution in [0.25, 0.3) is 5.76 Å². The maximum absolute atomic E-state index is 13.7. The van der Waals surface area contributed by atoms with E-state index in [1.54, 1.807) is 45.4 Å². The number of nitrogens with one attached hydrogen (secondary N) is 1. The van der Waals surface area contributed by atoms with E-state index in [0.717, 1.165) is 32.8 Å². The van der Waals surface area contributed by atoms with Crippen LogP contribution < -0.4 is 19.5 Å². The fourth-order valence-corrected chi connectivity index (χ4v) is 4.89. The van der Waals surface area contributed by atoms with Gasteiger partial charge in [0.15, 0.2) is 0 Å². The average Bonchev–Trinajstić information content (AvgIpc) is 3.13. The number of morpholine rings is 1. The highest BCUT2D eigenvalue weighted by Gasteiger charge is 2.45. The molecule has 1 atom stereocenters. The SMILES string of the molecule is COc1ccc(C([O-])=C2C(=O)C(=O)N(CCC[NH+]3CCOCC3)C2c2ccccc2OC)c(C)c1. The van der Waals surface area contributed by atoms with Crippen molar-refractivity contribution < 1.29 is 33.8 Å². The molecule has 0 radical (unpaired) electrons. The van der Waals surface area contributed by atoms with Crippen molar-refractivity contribution >= 4 is 17.4 Å². The van der Waals surface area contributed by atoms with Gasteiger partial charge in [-0.1, -0.05) is 30.0 Å². The molecule has 0 bridgehead atoms. The number of ketones is 1. The molecule has 0 aromatic heterocycles. The first kappa shape index (κ1) is 24.8. The molecule has 4 rings (SSSR count). The topological polar surface area (TPSA) is 92.6 Å². The molecular formula is C27H32N2O6. The van der Waals surface area contributed by atoms with E-state index in [2.05, 4.69) is 0 Å². The zero-order chi connectivity index (χ0) is 24.9. The number of nitrogens with zero attached hydrogens (tertiary/aromatic N) is 1. The number of methoxy groups -OCH3 is 2. The Morgan fingerprint density at radius 1 is 1.11 bits per heavy atom. The molecule has 8 nitrogen and oxygen atoms in total. The molecule has 2 aliphatic rings. The molecule has 2 fully saturated rings. The summed E-state index contributed by atoms with van der Waals surface area (Å²) in [6.07, 6.45) is 0.711. The van der Waals surface area contributed by atoms with Gasteiger partial charge in [-0.05, 0) is 36.2 Å². The Hall–Kier alpha value is -3.36. The molecule has 2 aliphatic heterocycles. The van der Waals surface area contributed by atoms with Gasteiger partial charge in [-0.2, -0.15) is 0 Å². The summed E-state index contributed by atoms with van der Waals surface area (Å²) in [5.41, 5.74) is 1.64. The number of aryl methyl sites for hydroxylation is 1. The molecule has 1 amide bonds. The van der Waals surface area contributed by atoms with Crippen molar-refractivity contribution in [2.45, 2.75) is 19.4 Å². The van der Waals surface area contributed by atoms with Crippen LogP contribution in [-0.2, 0) is 14.3 Å². The van der Waals surface area contributed by atoms with Gasteiger partial charge in [-0.15, -0.1) is 0 Å². The first-order valence-corrected chi connectivity index (χ1v) is 11.9. The second-order valence-corrected chi connectivity index (χ2v) is 8.86. The number of benzene rings is 2. The largest absolute Gasteiger partial charge is 0.872 e. The Bertz CT molecular complexity index is 1120. The number of rotatable bonds is 8. The van der Waals surface area contributed by atoms with Crippen LogP contribution in [0.2, 0.25) is 0 Å². The Labute approximate surface area is 205 Å². The highest BCUT2D eigenvalue weighted by molar-refractivity contribution is 6.46. The van der Waals surface area contributed by atoms with Crippen LogP contribution in [-0.4, -0.2) is 70.2 Å². The van der Waals surface area contributed by atoms with Crippen LogP contribution in [0.4, 0.5) is 0 Å². The number of hydrogen-bond donors (Lipinski definition) is 1. The summed E-state index contributed by atoms with van der Waals surface area (Å²) in [6.45, 7) is 6.34. The summed E-state index contributed by atoms with van der Waals surface area (Å²) < 4.78 is 16.2. The predicted octanol–water partition coefficient (Wildman–Crippen LogP) is 0.541. The van der Waals surface area contributed by atoms with Gasteiger partial charge in [0.2, 0.25) is 5.78 Å². The fraction of sp³-hybridized carbons (Fsp3) is 0.407. The zero-order valence-corrected chi connectivity index (χ0v) is 20.5. The third kappa shape index (κ3) is 5.04. The van der Waals surface area contributed by atoms with E-state index in [1.807, 2.05) is 18.2 Å². The first-order valence-electron chi connectivity index (χ1n) is 11.9. The number of quaternary nitrogens is 1. The number of amides is 1. The summed E-state index contributed by atoms with van der Waals surface area (Å²) in [6, 6.07) is 11.5. The van der Waals surface area contributed by atoms with Crippen molar-refractivity contribution in [1.82, 2.24) is 4.90 Å². The van der Waals surface area contributed by atoms with Crippen molar-refractivity contribution in [2.75, 3.05) is 53.6 Å². The molecule has 1 unspecified atom stereocenters. The number of hydrogen-bond acceptors (Lipinski definition) is 6. The third-order valence-electron chi connectivity index (χ3n) is 6.77. The van der Waals surface area contributed by atoms with Gasteiger partial charge in [-0.25, -0.2) is 0 Å². The second kappa shape index (κ2) is 10.9. The molecule has 2 aromatic rings. The van der Waals surface area contributed by atoms with Crippen LogP contribution in [0.15, 0.2) is 48.0 Å². The lowest BCUT2D eigenvalue weighted by atomic mass is 9.93. The predicted molar refractivity (Wildman–Crippen MR) is 128 cm³/mol. The van der Waals surface area contributed by atoms with E-state index in [1.165, 1.54) is 9.80 Å². The number of Topliss-reactive ketones (excluding diaryl/α,β-unsaturated/α-hetero) is 1. The lowest BCUT2D eigenvalue weighted by Gasteiger charge is -2.30. The van der Waals surface area contributed by atoms with Crippen LogP contribution in [0.3, 0.4) is 0 Å². The molecule has 0 saturated carbocycles. The van der Waals surface area contributed by atoms with Gasteiger partial charge in [0.1, 0.15) is 24.6 Å². The fourth-order valence-electron chi connectivity index (χ4n) is 4.89. The minimum atomic E-state index is -0.806. The molecule has 2 aromatic carbocycles. The van der Waals surface area contributed by atoms with Gasteiger partial charge in [0.25, 0.3) is 5.91 Å². The summed E-state index contributed by atoms with van der Waals surface area (Å²) in [4.78, 5) is 29.4. The number of carbonyl (C=O) groups is 2. The zero-order valence-electron chi connectivity index (χ0n) is 20.5. The number of para-hydroxylation sites is 1. The number of ether oxygens (including phenoxy) is 3. The van der Waals surface area contributed by atoms with Crippen LogP contribution in [0.5, 0.6) is 11.5 Å². The molecule has 0 aliphatic carbocycles. The molecule has 2 saturated heterocycles. The minimum Gasteiger partial charge on any atom is -0.872 e. The van der Waals surface area contributed by atoms with Crippen LogP contribution in [0, 0.1) is 6.92 Å². The van der Waals surface area contributed by atoms with Crippen molar-refractivity contribution in [3.05, 3.63) is 64.7 Å². The van der Waals surface area contributed by atoms with E-state index in [-0.39, 0.29) is 5.57 Å². The van der Waals surface area contributed by atoms with E-state index in [4.69, 9.17) is 14.2 Å². The molecule has 2 heterocycles. The van der Waals surface area contributed by atoms with E-state index >= 15 is 0 Å². The van der Waals surface area contributed by atoms with Gasteiger partial charge in [0, 0.05) is 24.1 Å². The lowest BCUT2D eigenvalue weighted by Crippen LogP contribution is -3.14. The number of likely N-dealkylation sites (tertiary alicyclic amines) is 1. The van der Waals surface area contributed by atoms with Crippen molar-refractivity contribution in [1.29, 1.82) is 0 Å². The van der Waals surface area contributed by atoms with E-state index in [0.29, 0.717) is 41.2 Å².